The van der Waals surface area contributed by atoms with E-state index >= 15 is 0 Å². The Morgan fingerprint density at radius 2 is 2.44 bits per heavy atom. The Bertz CT molecular complexity index is 453. The smallest absolute Gasteiger partial charge is 0.151 e. The molecule has 90 valence electrons. The second kappa shape index (κ2) is 4.81. The summed E-state index contributed by atoms with van der Waals surface area (Å²) in [6.07, 6.45) is 1.65. The molecule has 1 unspecified atom stereocenters. The van der Waals surface area contributed by atoms with Crippen LogP contribution in [0.15, 0.2) is 5.38 Å². The van der Waals surface area contributed by atoms with Crippen molar-refractivity contribution in [2.45, 2.75) is 18.8 Å². The van der Waals surface area contributed by atoms with Crippen LogP contribution in [0.4, 0.5) is 0 Å². The third-order valence-electron chi connectivity index (χ3n) is 2.78. The van der Waals surface area contributed by atoms with Gasteiger partial charge in [-0.3, -0.25) is 0 Å². The molecule has 1 fully saturated rings. The van der Waals surface area contributed by atoms with Crippen LogP contribution < -0.4 is 5.32 Å². The van der Waals surface area contributed by atoms with Gasteiger partial charge in [0, 0.05) is 24.3 Å². The summed E-state index contributed by atoms with van der Waals surface area (Å²) in [7, 11) is -0.883. The van der Waals surface area contributed by atoms with Crippen molar-refractivity contribution < 1.29 is 8.42 Å². The fourth-order valence-corrected chi connectivity index (χ4v) is 4.71. The van der Waals surface area contributed by atoms with Crippen molar-refractivity contribution >= 4 is 21.2 Å². The Labute approximate surface area is 100 Å². The van der Waals surface area contributed by atoms with Crippen molar-refractivity contribution in [1.82, 2.24) is 10.3 Å². The molecule has 1 atom stereocenters. The number of rotatable bonds is 4. The van der Waals surface area contributed by atoms with Crippen molar-refractivity contribution in [3.63, 3.8) is 0 Å². The molecule has 2 rings (SSSR count). The minimum atomic E-state index is -2.80. The molecule has 1 saturated heterocycles. The molecular formula is C10H16N2O2S2. The summed E-state index contributed by atoms with van der Waals surface area (Å²) < 4.78 is 22.7. The molecule has 1 aromatic rings. The molecule has 1 N–H and O–H groups in total. The highest BCUT2D eigenvalue weighted by atomic mass is 32.2. The van der Waals surface area contributed by atoms with Crippen LogP contribution >= 0.6 is 11.3 Å². The van der Waals surface area contributed by atoms with Gasteiger partial charge >= 0.3 is 0 Å². The molecule has 0 amide bonds. The molecule has 1 aliphatic heterocycles. The van der Waals surface area contributed by atoms with E-state index < -0.39 is 9.84 Å². The van der Waals surface area contributed by atoms with Gasteiger partial charge in [-0.25, -0.2) is 13.4 Å². The van der Waals surface area contributed by atoms with Crippen LogP contribution in [-0.4, -0.2) is 38.5 Å². The molecule has 2 heterocycles. The highest BCUT2D eigenvalue weighted by Crippen LogP contribution is 2.30. The summed E-state index contributed by atoms with van der Waals surface area (Å²) in [5.74, 6) is 0.744. The van der Waals surface area contributed by atoms with Crippen LogP contribution in [-0.2, 0) is 16.3 Å². The molecule has 0 aromatic carbocycles. The third kappa shape index (κ3) is 2.81. The van der Waals surface area contributed by atoms with E-state index in [0.717, 1.165) is 30.1 Å². The lowest BCUT2D eigenvalue weighted by atomic mass is 10.1. The molecule has 0 spiro atoms. The lowest BCUT2D eigenvalue weighted by Crippen LogP contribution is -2.10. The van der Waals surface area contributed by atoms with Crippen molar-refractivity contribution in [3.05, 3.63) is 16.1 Å². The second-order valence-corrected chi connectivity index (χ2v) is 7.25. The molecule has 0 radical (unpaired) electrons. The fourth-order valence-electron chi connectivity index (χ4n) is 1.87. The first-order chi connectivity index (χ1) is 7.61. The summed E-state index contributed by atoms with van der Waals surface area (Å²) >= 11 is 1.59. The van der Waals surface area contributed by atoms with Gasteiger partial charge in [0.15, 0.2) is 9.84 Å². The van der Waals surface area contributed by atoms with Crippen molar-refractivity contribution in [3.8, 4) is 0 Å². The number of hydrogen-bond acceptors (Lipinski definition) is 5. The Morgan fingerprint density at radius 1 is 1.62 bits per heavy atom. The normalized spacial score (nSPS) is 23.7. The Morgan fingerprint density at radius 3 is 3.06 bits per heavy atom. The van der Waals surface area contributed by atoms with Gasteiger partial charge in [-0.05, 0) is 13.5 Å². The lowest BCUT2D eigenvalue weighted by molar-refractivity contribution is 0.601. The van der Waals surface area contributed by atoms with Crippen molar-refractivity contribution in [1.29, 1.82) is 0 Å². The number of nitrogens with one attached hydrogen (secondary N) is 1. The third-order valence-corrected chi connectivity index (χ3v) is 5.61. The predicted octanol–water partition coefficient (Wildman–Crippen LogP) is 0.807. The minimum Gasteiger partial charge on any atom is -0.319 e. The van der Waals surface area contributed by atoms with Crippen molar-refractivity contribution in [2.24, 2.45) is 0 Å². The highest BCUT2D eigenvalue weighted by Gasteiger charge is 2.30. The number of nitrogens with zero attached hydrogens (tertiary/aromatic N) is 1. The van der Waals surface area contributed by atoms with E-state index in [9.17, 15) is 8.42 Å². The molecule has 16 heavy (non-hydrogen) atoms. The Kier molecular flexibility index (Phi) is 3.61. The second-order valence-electron chi connectivity index (χ2n) is 4.13. The maximum atomic E-state index is 11.4. The summed E-state index contributed by atoms with van der Waals surface area (Å²) in [5.41, 5.74) is 1.07. The minimum absolute atomic E-state index is 0.137. The first kappa shape index (κ1) is 12.0. The van der Waals surface area contributed by atoms with Crippen LogP contribution in [0.5, 0.6) is 0 Å². The largest absolute Gasteiger partial charge is 0.319 e. The first-order valence-electron chi connectivity index (χ1n) is 5.40. The molecule has 1 aromatic heterocycles. The standard InChI is InChI=1S/C10H16N2O2S2/c1-11-4-2-9-6-15-10(12-9)8-3-5-16(13,14)7-8/h6,8,11H,2-5,7H2,1H3. The molecule has 0 saturated carbocycles. The average Bonchev–Trinajstić information content (AvgIpc) is 2.81. The predicted molar refractivity (Wildman–Crippen MR) is 65.8 cm³/mol. The number of hydrogen-bond donors (Lipinski definition) is 1. The van der Waals surface area contributed by atoms with Gasteiger partial charge in [0.25, 0.3) is 0 Å². The van der Waals surface area contributed by atoms with E-state index in [1.165, 1.54) is 0 Å². The molecule has 1 aliphatic rings. The van der Waals surface area contributed by atoms with E-state index in [2.05, 4.69) is 10.3 Å². The van der Waals surface area contributed by atoms with Crippen molar-refractivity contribution in [2.75, 3.05) is 25.1 Å². The van der Waals surface area contributed by atoms with E-state index in [4.69, 9.17) is 0 Å². The molecule has 0 aliphatic carbocycles. The molecule has 4 nitrogen and oxygen atoms in total. The number of likely N-dealkylation sites (N-methyl/N-ethyl adjacent to an activating group) is 1. The SMILES string of the molecule is CNCCc1csc(C2CCS(=O)(=O)C2)n1. The van der Waals surface area contributed by atoms with Crippen LogP contribution in [0, 0.1) is 0 Å². The van der Waals surface area contributed by atoms with E-state index in [1.807, 2.05) is 12.4 Å². The maximum absolute atomic E-state index is 11.4. The van der Waals surface area contributed by atoms with E-state index in [1.54, 1.807) is 11.3 Å². The van der Waals surface area contributed by atoms with Gasteiger partial charge in [-0.1, -0.05) is 0 Å². The number of thiazole rings is 1. The average molecular weight is 260 g/mol. The first-order valence-corrected chi connectivity index (χ1v) is 8.10. The zero-order valence-corrected chi connectivity index (χ0v) is 10.9. The Hall–Kier alpha value is -0.460. The van der Waals surface area contributed by atoms with E-state index in [-0.39, 0.29) is 11.7 Å². The monoisotopic (exact) mass is 260 g/mol. The molecular weight excluding hydrogens is 244 g/mol. The van der Waals surface area contributed by atoms with Crippen LogP contribution in [0.1, 0.15) is 23.0 Å². The topological polar surface area (TPSA) is 59.1 Å². The van der Waals surface area contributed by atoms with Crippen LogP contribution in [0.25, 0.3) is 0 Å². The van der Waals surface area contributed by atoms with Gasteiger partial charge in [0.05, 0.1) is 22.2 Å². The zero-order chi connectivity index (χ0) is 11.6. The van der Waals surface area contributed by atoms with Gasteiger partial charge < -0.3 is 5.32 Å². The quantitative estimate of drug-likeness (QED) is 0.870. The van der Waals surface area contributed by atoms with Crippen LogP contribution in [0.3, 0.4) is 0 Å². The summed E-state index contributed by atoms with van der Waals surface area (Å²) in [4.78, 5) is 4.51. The number of sulfone groups is 1. The Balaban J connectivity index is 2.02. The highest BCUT2D eigenvalue weighted by molar-refractivity contribution is 7.91. The zero-order valence-electron chi connectivity index (χ0n) is 9.27. The fraction of sp³-hybridized carbons (Fsp3) is 0.700. The van der Waals surface area contributed by atoms with Crippen LogP contribution in [0.2, 0.25) is 0 Å². The number of aromatic nitrogens is 1. The van der Waals surface area contributed by atoms with E-state index in [0.29, 0.717) is 5.75 Å². The summed E-state index contributed by atoms with van der Waals surface area (Å²) in [6, 6.07) is 0. The molecule has 0 bridgehead atoms. The summed E-state index contributed by atoms with van der Waals surface area (Å²) in [5, 5.41) is 6.11. The van der Waals surface area contributed by atoms with Gasteiger partial charge in [-0.15, -0.1) is 11.3 Å². The lowest BCUT2D eigenvalue weighted by Gasteiger charge is -2.01. The van der Waals surface area contributed by atoms with Gasteiger partial charge in [0.1, 0.15) is 0 Å². The summed E-state index contributed by atoms with van der Waals surface area (Å²) in [6.45, 7) is 0.909. The molecule has 6 heteroatoms. The van der Waals surface area contributed by atoms with Gasteiger partial charge in [0.2, 0.25) is 0 Å². The van der Waals surface area contributed by atoms with Gasteiger partial charge in [-0.2, -0.15) is 0 Å². The maximum Gasteiger partial charge on any atom is 0.151 e.